The minimum atomic E-state index is 0.0970. The zero-order chi connectivity index (χ0) is 16.4. The van der Waals surface area contributed by atoms with Crippen molar-refractivity contribution in [3.63, 3.8) is 0 Å². The lowest BCUT2D eigenvalue weighted by Crippen LogP contribution is -2.37. The van der Waals surface area contributed by atoms with Gasteiger partial charge in [-0.25, -0.2) is 0 Å². The van der Waals surface area contributed by atoms with Crippen molar-refractivity contribution in [2.24, 2.45) is 0 Å². The molecule has 2 heterocycles. The van der Waals surface area contributed by atoms with Crippen LogP contribution in [0.25, 0.3) is 10.9 Å². The number of para-hydroxylation sites is 1. The van der Waals surface area contributed by atoms with Crippen LogP contribution in [0.15, 0.2) is 66.9 Å². The molecule has 1 amide bonds. The zero-order valence-electron chi connectivity index (χ0n) is 13.6. The number of likely N-dealkylation sites (tertiary alicyclic amines) is 1. The van der Waals surface area contributed by atoms with Gasteiger partial charge in [0, 0.05) is 24.7 Å². The SMILES string of the molecule is O=C(c1cnc2ccccc2c1)N1CCC(c2ccccc2)CC1. The Morgan fingerprint density at radius 1 is 0.958 bits per heavy atom. The molecule has 1 aromatic heterocycles. The molecule has 4 rings (SSSR count). The van der Waals surface area contributed by atoms with Crippen LogP contribution in [-0.2, 0) is 0 Å². The van der Waals surface area contributed by atoms with Crippen molar-refractivity contribution >= 4 is 16.8 Å². The van der Waals surface area contributed by atoms with Gasteiger partial charge in [0.2, 0.25) is 0 Å². The molecule has 3 nitrogen and oxygen atoms in total. The third-order valence-electron chi connectivity index (χ3n) is 4.89. The third-order valence-corrected chi connectivity index (χ3v) is 4.89. The number of nitrogens with zero attached hydrogens (tertiary/aromatic N) is 2. The molecule has 1 aliphatic rings. The number of carbonyl (C=O) groups is 1. The molecule has 0 atom stereocenters. The number of fused-ring (bicyclic) bond motifs is 1. The highest BCUT2D eigenvalue weighted by Crippen LogP contribution is 2.28. The van der Waals surface area contributed by atoms with E-state index < -0.39 is 0 Å². The van der Waals surface area contributed by atoms with Crippen LogP contribution in [0.1, 0.15) is 34.7 Å². The van der Waals surface area contributed by atoms with Crippen LogP contribution in [0.5, 0.6) is 0 Å². The summed E-state index contributed by atoms with van der Waals surface area (Å²) in [6.45, 7) is 1.62. The fourth-order valence-electron chi connectivity index (χ4n) is 3.51. The van der Waals surface area contributed by atoms with Gasteiger partial charge < -0.3 is 4.90 Å². The van der Waals surface area contributed by atoms with E-state index in [0.29, 0.717) is 11.5 Å². The van der Waals surface area contributed by atoms with E-state index in [1.54, 1.807) is 6.20 Å². The molecular formula is C21H20N2O. The van der Waals surface area contributed by atoms with Crippen LogP contribution in [0, 0.1) is 0 Å². The average Bonchev–Trinajstić information content (AvgIpc) is 2.68. The van der Waals surface area contributed by atoms with E-state index in [1.807, 2.05) is 35.2 Å². The van der Waals surface area contributed by atoms with Gasteiger partial charge >= 0.3 is 0 Å². The molecule has 0 bridgehead atoms. The molecule has 0 N–H and O–H groups in total. The van der Waals surface area contributed by atoms with Crippen molar-refractivity contribution in [1.82, 2.24) is 9.88 Å². The van der Waals surface area contributed by atoms with E-state index in [-0.39, 0.29) is 5.91 Å². The number of hydrogen-bond acceptors (Lipinski definition) is 2. The first kappa shape index (κ1) is 14.9. The van der Waals surface area contributed by atoms with Crippen molar-refractivity contribution in [2.75, 3.05) is 13.1 Å². The van der Waals surface area contributed by atoms with E-state index in [2.05, 4.69) is 35.3 Å². The van der Waals surface area contributed by atoms with Gasteiger partial charge in [-0.15, -0.1) is 0 Å². The maximum absolute atomic E-state index is 12.8. The van der Waals surface area contributed by atoms with Crippen LogP contribution in [0.3, 0.4) is 0 Å². The number of amides is 1. The summed E-state index contributed by atoms with van der Waals surface area (Å²) < 4.78 is 0. The second-order valence-corrected chi connectivity index (χ2v) is 6.39. The lowest BCUT2D eigenvalue weighted by Gasteiger charge is -2.32. The highest BCUT2D eigenvalue weighted by atomic mass is 16.2. The Bertz CT molecular complexity index is 852. The first-order valence-electron chi connectivity index (χ1n) is 8.50. The van der Waals surface area contributed by atoms with Crippen LogP contribution < -0.4 is 0 Å². The summed E-state index contributed by atoms with van der Waals surface area (Å²) in [6.07, 6.45) is 3.75. The first-order valence-corrected chi connectivity index (χ1v) is 8.50. The molecule has 0 radical (unpaired) electrons. The van der Waals surface area contributed by atoms with E-state index in [0.717, 1.165) is 36.8 Å². The summed E-state index contributed by atoms with van der Waals surface area (Å²) in [6, 6.07) is 20.5. The van der Waals surface area contributed by atoms with Crippen LogP contribution >= 0.6 is 0 Å². The number of hydrogen-bond donors (Lipinski definition) is 0. The van der Waals surface area contributed by atoms with Gasteiger partial charge in [0.05, 0.1) is 11.1 Å². The number of pyridine rings is 1. The van der Waals surface area contributed by atoms with Gasteiger partial charge in [-0.05, 0) is 36.5 Å². The van der Waals surface area contributed by atoms with E-state index in [9.17, 15) is 4.79 Å². The van der Waals surface area contributed by atoms with E-state index >= 15 is 0 Å². The van der Waals surface area contributed by atoms with Crippen LogP contribution in [0.2, 0.25) is 0 Å². The maximum atomic E-state index is 12.8. The van der Waals surface area contributed by atoms with Crippen molar-refractivity contribution in [2.45, 2.75) is 18.8 Å². The molecule has 120 valence electrons. The summed E-state index contributed by atoms with van der Waals surface area (Å²) in [5.41, 5.74) is 3.00. The lowest BCUT2D eigenvalue weighted by atomic mass is 9.89. The van der Waals surface area contributed by atoms with Gasteiger partial charge in [0.25, 0.3) is 5.91 Å². The topological polar surface area (TPSA) is 33.2 Å². The molecule has 3 heteroatoms. The second-order valence-electron chi connectivity index (χ2n) is 6.39. The molecule has 0 aliphatic carbocycles. The molecule has 2 aromatic carbocycles. The predicted molar refractivity (Wildman–Crippen MR) is 96.1 cm³/mol. The number of rotatable bonds is 2. The van der Waals surface area contributed by atoms with Gasteiger partial charge in [-0.2, -0.15) is 0 Å². The summed E-state index contributed by atoms with van der Waals surface area (Å²) >= 11 is 0. The molecular weight excluding hydrogens is 296 g/mol. The second kappa shape index (κ2) is 6.44. The minimum Gasteiger partial charge on any atom is -0.339 e. The smallest absolute Gasteiger partial charge is 0.255 e. The standard InChI is InChI=1S/C21H20N2O/c24-21(19-14-18-8-4-5-9-20(18)22-15-19)23-12-10-17(11-13-23)16-6-2-1-3-7-16/h1-9,14-15,17H,10-13H2. The molecule has 1 fully saturated rings. The molecule has 0 saturated carbocycles. The normalized spacial score (nSPS) is 15.6. The van der Waals surface area contributed by atoms with Gasteiger partial charge in [0.1, 0.15) is 0 Å². The van der Waals surface area contributed by atoms with Crippen molar-refractivity contribution in [1.29, 1.82) is 0 Å². The van der Waals surface area contributed by atoms with Gasteiger partial charge in [-0.3, -0.25) is 9.78 Å². The predicted octanol–water partition coefficient (Wildman–Crippen LogP) is 4.25. The number of aromatic nitrogens is 1. The number of piperidine rings is 1. The number of benzene rings is 2. The van der Waals surface area contributed by atoms with E-state index in [1.165, 1.54) is 5.56 Å². The van der Waals surface area contributed by atoms with Crippen molar-refractivity contribution in [3.05, 3.63) is 78.0 Å². The largest absolute Gasteiger partial charge is 0.339 e. The fourth-order valence-corrected chi connectivity index (χ4v) is 3.51. The molecule has 3 aromatic rings. The van der Waals surface area contributed by atoms with Gasteiger partial charge in [0.15, 0.2) is 0 Å². The quantitative estimate of drug-likeness (QED) is 0.708. The Morgan fingerprint density at radius 2 is 1.67 bits per heavy atom. The first-order chi connectivity index (χ1) is 11.8. The number of carbonyl (C=O) groups excluding carboxylic acids is 1. The van der Waals surface area contributed by atoms with E-state index in [4.69, 9.17) is 0 Å². The minimum absolute atomic E-state index is 0.0970. The van der Waals surface area contributed by atoms with Crippen molar-refractivity contribution < 1.29 is 4.79 Å². The lowest BCUT2D eigenvalue weighted by molar-refractivity contribution is 0.0713. The Kier molecular flexibility index (Phi) is 3.99. The Hall–Kier alpha value is -2.68. The molecule has 0 spiro atoms. The highest BCUT2D eigenvalue weighted by molar-refractivity contribution is 5.97. The highest BCUT2D eigenvalue weighted by Gasteiger charge is 2.24. The Morgan fingerprint density at radius 3 is 2.46 bits per heavy atom. The fraction of sp³-hybridized carbons (Fsp3) is 0.238. The Labute approximate surface area is 141 Å². The van der Waals surface area contributed by atoms with Crippen LogP contribution in [0.4, 0.5) is 0 Å². The average molecular weight is 316 g/mol. The maximum Gasteiger partial charge on any atom is 0.255 e. The van der Waals surface area contributed by atoms with Crippen molar-refractivity contribution in [3.8, 4) is 0 Å². The molecule has 0 unspecified atom stereocenters. The van der Waals surface area contributed by atoms with Gasteiger partial charge in [-0.1, -0.05) is 48.5 Å². The summed E-state index contributed by atoms with van der Waals surface area (Å²) in [5.74, 6) is 0.657. The Balaban J connectivity index is 1.47. The summed E-state index contributed by atoms with van der Waals surface area (Å²) in [4.78, 5) is 19.1. The molecule has 1 aliphatic heterocycles. The molecule has 24 heavy (non-hydrogen) atoms. The monoisotopic (exact) mass is 316 g/mol. The third kappa shape index (κ3) is 2.90. The summed E-state index contributed by atoms with van der Waals surface area (Å²) in [5, 5.41) is 1.02. The summed E-state index contributed by atoms with van der Waals surface area (Å²) in [7, 11) is 0. The zero-order valence-corrected chi connectivity index (χ0v) is 13.6. The van der Waals surface area contributed by atoms with Crippen LogP contribution in [-0.4, -0.2) is 28.9 Å². The molecule has 1 saturated heterocycles.